The average molecular weight is 599 g/mol. The van der Waals surface area contributed by atoms with E-state index in [-0.39, 0.29) is 31.9 Å². The first-order valence-electron chi connectivity index (χ1n) is 11.5. The maximum absolute atomic E-state index is 13.5. The van der Waals surface area contributed by atoms with Crippen LogP contribution in [0.5, 0.6) is 5.75 Å². The van der Waals surface area contributed by atoms with Crippen LogP contribution in [0, 0.1) is 0 Å². The summed E-state index contributed by atoms with van der Waals surface area (Å²) in [5.41, 5.74) is 0.257. The summed E-state index contributed by atoms with van der Waals surface area (Å²) in [6, 6.07) is 15.8. The molecule has 202 valence electrons. The lowest BCUT2D eigenvalue weighted by Crippen LogP contribution is -2.38. The summed E-state index contributed by atoms with van der Waals surface area (Å²) < 4.78 is 60.8. The molecule has 0 bridgehead atoms. The van der Waals surface area contributed by atoms with Crippen molar-refractivity contribution in [2.24, 2.45) is 0 Å². The highest BCUT2D eigenvalue weighted by Crippen LogP contribution is 2.31. The van der Waals surface area contributed by atoms with Crippen LogP contribution in [0.4, 0.5) is 11.4 Å². The van der Waals surface area contributed by atoms with Crippen molar-refractivity contribution in [1.82, 2.24) is 4.31 Å². The summed E-state index contributed by atoms with van der Waals surface area (Å²) >= 11 is 12.0. The SMILES string of the molecule is COc1ccc(S(=O)(=O)N2CCCC2)cc1NC(=O)CN(c1cccc(Cl)c1)S(=O)(=O)c1ccc(Cl)cc1. The molecule has 0 aliphatic carbocycles. The number of halogens is 2. The predicted octanol–water partition coefficient (Wildman–Crippen LogP) is 4.62. The number of ether oxygens (including phenoxy) is 1. The fraction of sp³-hybridized carbons (Fsp3) is 0.240. The van der Waals surface area contributed by atoms with E-state index in [0.29, 0.717) is 18.1 Å². The Hall–Kier alpha value is -2.83. The Balaban J connectivity index is 1.66. The number of carbonyl (C=O) groups excluding carboxylic acids is 1. The number of amides is 1. The minimum absolute atomic E-state index is 0.00372. The number of hydrogen-bond donors (Lipinski definition) is 1. The summed E-state index contributed by atoms with van der Waals surface area (Å²) in [7, 11) is -6.59. The molecule has 13 heteroatoms. The van der Waals surface area contributed by atoms with Crippen LogP contribution in [0.15, 0.2) is 76.5 Å². The number of benzene rings is 3. The monoisotopic (exact) mass is 597 g/mol. The lowest BCUT2D eigenvalue weighted by molar-refractivity contribution is -0.114. The van der Waals surface area contributed by atoms with Gasteiger partial charge >= 0.3 is 0 Å². The molecule has 0 unspecified atom stereocenters. The van der Waals surface area contributed by atoms with Crippen LogP contribution in [0.3, 0.4) is 0 Å². The zero-order chi connectivity index (χ0) is 27.5. The topological polar surface area (TPSA) is 113 Å². The Kier molecular flexibility index (Phi) is 8.53. The van der Waals surface area contributed by atoms with Gasteiger partial charge in [0.1, 0.15) is 12.3 Å². The molecule has 38 heavy (non-hydrogen) atoms. The summed E-state index contributed by atoms with van der Waals surface area (Å²) in [6.45, 7) is 0.220. The molecule has 9 nitrogen and oxygen atoms in total. The van der Waals surface area contributed by atoms with E-state index in [1.165, 1.54) is 66.0 Å². The van der Waals surface area contributed by atoms with Gasteiger partial charge in [-0.2, -0.15) is 4.31 Å². The van der Waals surface area contributed by atoms with Gasteiger partial charge in [-0.1, -0.05) is 29.3 Å². The third-order valence-corrected chi connectivity index (χ3v) is 10.1. The molecule has 1 amide bonds. The second-order valence-electron chi connectivity index (χ2n) is 8.47. The van der Waals surface area contributed by atoms with Crippen LogP contribution >= 0.6 is 23.2 Å². The molecule has 1 fully saturated rings. The van der Waals surface area contributed by atoms with Gasteiger partial charge in [-0.05, 0) is 73.5 Å². The van der Waals surface area contributed by atoms with Crippen molar-refractivity contribution in [3.05, 3.63) is 76.8 Å². The number of rotatable bonds is 9. The van der Waals surface area contributed by atoms with Gasteiger partial charge in [0.15, 0.2) is 0 Å². The molecule has 1 aliphatic heterocycles. The Morgan fingerprint density at radius 2 is 1.58 bits per heavy atom. The van der Waals surface area contributed by atoms with Gasteiger partial charge in [0.05, 0.1) is 28.3 Å². The molecule has 1 aliphatic rings. The highest BCUT2D eigenvalue weighted by atomic mass is 35.5. The second kappa shape index (κ2) is 11.5. The van der Waals surface area contributed by atoms with Gasteiger partial charge < -0.3 is 10.1 Å². The summed E-state index contributed by atoms with van der Waals surface area (Å²) in [4.78, 5) is 13.1. The van der Waals surface area contributed by atoms with Crippen molar-refractivity contribution in [2.45, 2.75) is 22.6 Å². The third-order valence-electron chi connectivity index (χ3n) is 5.93. The minimum Gasteiger partial charge on any atom is -0.495 e. The van der Waals surface area contributed by atoms with Gasteiger partial charge in [0, 0.05) is 23.1 Å². The Morgan fingerprint density at radius 3 is 2.21 bits per heavy atom. The number of carbonyl (C=O) groups is 1. The van der Waals surface area contributed by atoms with E-state index < -0.39 is 32.5 Å². The number of nitrogens with one attached hydrogen (secondary N) is 1. The summed E-state index contributed by atoms with van der Waals surface area (Å²) in [5.74, 6) is -0.509. The van der Waals surface area contributed by atoms with E-state index in [2.05, 4.69) is 5.32 Å². The number of nitrogens with zero attached hydrogens (tertiary/aromatic N) is 2. The quantitative estimate of drug-likeness (QED) is 0.385. The first-order chi connectivity index (χ1) is 18.0. The fourth-order valence-corrected chi connectivity index (χ4v) is 7.29. The van der Waals surface area contributed by atoms with Gasteiger partial charge in [-0.3, -0.25) is 9.10 Å². The number of anilines is 2. The Morgan fingerprint density at radius 1 is 0.921 bits per heavy atom. The van der Waals surface area contributed by atoms with Crippen LogP contribution < -0.4 is 14.4 Å². The molecule has 3 aromatic carbocycles. The lowest BCUT2D eigenvalue weighted by atomic mass is 10.3. The van der Waals surface area contributed by atoms with Crippen LogP contribution in [-0.2, 0) is 24.8 Å². The van der Waals surface area contributed by atoms with Crippen molar-refractivity contribution in [1.29, 1.82) is 0 Å². The molecule has 1 heterocycles. The van der Waals surface area contributed by atoms with E-state index >= 15 is 0 Å². The van der Waals surface area contributed by atoms with E-state index in [4.69, 9.17) is 27.9 Å². The zero-order valence-electron chi connectivity index (χ0n) is 20.3. The first kappa shape index (κ1) is 28.2. The van der Waals surface area contributed by atoms with Crippen LogP contribution in [0.25, 0.3) is 0 Å². The molecule has 1 saturated heterocycles. The highest BCUT2D eigenvalue weighted by Gasteiger charge is 2.30. The van der Waals surface area contributed by atoms with Gasteiger partial charge in [0.2, 0.25) is 15.9 Å². The lowest BCUT2D eigenvalue weighted by Gasteiger charge is -2.24. The van der Waals surface area contributed by atoms with Crippen molar-refractivity contribution in [3.63, 3.8) is 0 Å². The third kappa shape index (κ3) is 6.08. The van der Waals surface area contributed by atoms with Crippen LogP contribution in [0.2, 0.25) is 10.0 Å². The Labute approximate surface area is 232 Å². The molecular formula is C25H25Cl2N3O6S2. The molecule has 1 N–H and O–H groups in total. The zero-order valence-corrected chi connectivity index (χ0v) is 23.4. The molecule has 0 aromatic heterocycles. The van der Waals surface area contributed by atoms with Crippen molar-refractivity contribution >= 4 is 60.5 Å². The molecule has 0 spiro atoms. The first-order valence-corrected chi connectivity index (χ1v) is 15.2. The van der Waals surface area contributed by atoms with E-state index in [9.17, 15) is 21.6 Å². The predicted molar refractivity (Wildman–Crippen MR) is 147 cm³/mol. The van der Waals surface area contributed by atoms with Crippen molar-refractivity contribution in [2.75, 3.05) is 36.4 Å². The second-order valence-corrected chi connectivity index (χ2v) is 13.1. The minimum atomic E-state index is -4.21. The van der Waals surface area contributed by atoms with E-state index in [1.807, 2.05) is 0 Å². The van der Waals surface area contributed by atoms with Crippen molar-refractivity contribution < 1.29 is 26.4 Å². The molecule has 0 atom stereocenters. The maximum atomic E-state index is 13.5. The standard InChI is InChI=1S/C25H25Cl2N3O6S2/c1-36-24-12-11-22(37(32,33)29-13-2-3-14-29)16-23(24)28-25(31)17-30(20-6-4-5-19(27)15-20)38(34,35)21-9-7-18(26)8-10-21/h4-12,15-16H,2-3,13-14,17H2,1H3,(H,28,31). The normalized spacial score (nSPS) is 14.3. The van der Waals surface area contributed by atoms with Crippen LogP contribution in [0.1, 0.15) is 12.8 Å². The number of methoxy groups -OCH3 is 1. The van der Waals surface area contributed by atoms with Gasteiger partial charge in [-0.15, -0.1) is 0 Å². The van der Waals surface area contributed by atoms with Crippen molar-refractivity contribution in [3.8, 4) is 5.75 Å². The maximum Gasteiger partial charge on any atom is 0.264 e. The molecule has 3 aromatic rings. The summed E-state index contributed by atoms with van der Waals surface area (Å²) in [6.07, 6.45) is 1.56. The largest absolute Gasteiger partial charge is 0.495 e. The average Bonchev–Trinajstić information content (AvgIpc) is 3.43. The smallest absolute Gasteiger partial charge is 0.264 e. The number of hydrogen-bond acceptors (Lipinski definition) is 6. The molecular weight excluding hydrogens is 573 g/mol. The highest BCUT2D eigenvalue weighted by molar-refractivity contribution is 7.92. The van der Waals surface area contributed by atoms with Gasteiger partial charge in [0.25, 0.3) is 10.0 Å². The van der Waals surface area contributed by atoms with E-state index in [0.717, 1.165) is 17.1 Å². The summed E-state index contributed by atoms with van der Waals surface area (Å²) in [5, 5.41) is 3.24. The molecule has 0 radical (unpaired) electrons. The van der Waals surface area contributed by atoms with E-state index in [1.54, 1.807) is 12.1 Å². The van der Waals surface area contributed by atoms with Gasteiger partial charge in [-0.25, -0.2) is 16.8 Å². The fourth-order valence-electron chi connectivity index (χ4n) is 4.02. The molecule has 0 saturated carbocycles. The number of sulfonamides is 2. The van der Waals surface area contributed by atoms with Crippen LogP contribution in [-0.4, -0.2) is 53.8 Å². The molecule has 4 rings (SSSR count). The Bertz CT molecular complexity index is 1540.